The van der Waals surface area contributed by atoms with Crippen LogP contribution >= 0.6 is 0 Å². The second-order valence-corrected chi connectivity index (χ2v) is 3.59. The van der Waals surface area contributed by atoms with Gasteiger partial charge >= 0.3 is 6.03 Å². The van der Waals surface area contributed by atoms with E-state index >= 15 is 0 Å². The van der Waals surface area contributed by atoms with E-state index in [4.69, 9.17) is 10.6 Å². The molecule has 1 aliphatic rings. The lowest BCUT2D eigenvalue weighted by Gasteiger charge is -2.30. The number of carbonyl (C=O) groups is 1. The fourth-order valence-electron chi connectivity index (χ4n) is 1.61. The number of nitrogens with zero attached hydrogens (tertiary/aromatic N) is 2. The molecule has 1 fully saturated rings. The van der Waals surface area contributed by atoms with Gasteiger partial charge in [0.1, 0.15) is 0 Å². The van der Waals surface area contributed by atoms with Crippen molar-refractivity contribution in [2.45, 2.75) is 0 Å². The fourth-order valence-corrected chi connectivity index (χ4v) is 1.61. The number of urea groups is 1. The largest absolute Gasteiger partial charge is 0.378 e. The highest BCUT2D eigenvalue weighted by molar-refractivity contribution is 5.90. The van der Waals surface area contributed by atoms with Crippen molar-refractivity contribution >= 4 is 11.7 Å². The molecule has 1 aromatic carbocycles. The van der Waals surface area contributed by atoms with Crippen LogP contribution in [-0.4, -0.2) is 37.2 Å². The van der Waals surface area contributed by atoms with Crippen molar-refractivity contribution in [2.24, 2.45) is 5.84 Å². The molecule has 2 rings (SSSR count). The summed E-state index contributed by atoms with van der Waals surface area (Å²) < 4.78 is 5.18. The third-order valence-corrected chi connectivity index (χ3v) is 2.52. The summed E-state index contributed by atoms with van der Waals surface area (Å²) in [6.45, 7) is 2.35. The van der Waals surface area contributed by atoms with Crippen LogP contribution in [0.3, 0.4) is 0 Å². The van der Waals surface area contributed by atoms with Gasteiger partial charge in [-0.05, 0) is 12.1 Å². The van der Waals surface area contributed by atoms with Crippen LogP contribution in [0.1, 0.15) is 0 Å². The van der Waals surface area contributed by atoms with E-state index in [1.165, 1.54) is 5.01 Å². The van der Waals surface area contributed by atoms with Gasteiger partial charge in [-0.1, -0.05) is 18.2 Å². The van der Waals surface area contributed by atoms with E-state index in [0.29, 0.717) is 32.0 Å². The zero-order valence-corrected chi connectivity index (χ0v) is 9.00. The lowest BCUT2D eigenvalue weighted by atomic mass is 10.3. The van der Waals surface area contributed by atoms with Crippen molar-refractivity contribution in [1.29, 1.82) is 0 Å². The molecule has 5 nitrogen and oxygen atoms in total. The van der Waals surface area contributed by atoms with Gasteiger partial charge in [0, 0.05) is 13.1 Å². The van der Waals surface area contributed by atoms with E-state index in [1.54, 1.807) is 17.0 Å². The maximum Gasteiger partial charge on any atom is 0.339 e. The lowest BCUT2D eigenvalue weighted by Crippen LogP contribution is -2.51. The summed E-state index contributed by atoms with van der Waals surface area (Å²) in [5.74, 6) is 5.77. The molecule has 5 heteroatoms. The molecule has 0 unspecified atom stereocenters. The van der Waals surface area contributed by atoms with Gasteiger partial charge in [-0.2, -0.15) is 0 Å². The molecule has 2 N–H and O–H groups in total. The zero-order valence-electron chi connectivity index (χ0n) is 9.00. The minimum absolute atomic E-state index is 0.186. The molecular weight excluding hydrogens is 206 g/mol. The van der Waals surface area contributed by atoms with Gasteiger partial charge in [-0.25, -0.2) is 15.6 Å². The quantitative estimate of drug-likeness (QED) is 0.434. The number of hydrazine groups is 1. The first-order chi connectivity index (χ1) is 7.79. The molecule has 0 atom stereocenters. The van der Waals surface area contributed by atoms with Crippen molar-refractivity contribution < 1.29 is 9.53 Å². The molecule has 1 heterocycles. The number of amides is 2. The molecule has 0 aliphatic carbocycles. The Hall–Kier alpha value is -1.59. The van der Waals surface area contributed by atoms with Gasteiger partial charge < -0.3 is 9.64 Å². The van der Waals surface area contributed by atoms with Gasteiger partial charge in [0.2, 0.25) is 0 Å². The summed E-state index contributed by atoms with van der Waals surface area (Å²) in [6.07, 6.45) is 0. The summed E-state index contributed by atoms with van der Waals surface area (Å²) in [7, 11) is 0. The van der Waals surface area contributed by atoms with Crippen LogP contribution in [0, 0.1) is 0 Å². The van der Waals surface area contributed by atoms with Crippen LogP contribution in [-0.2, 0) is 4.74 Å². The van der Waals surface area contributed by atoms with Crippen LogP contribution in [0.15, 0.2) is 30.3 Å². The Morgan fingerprint density at radius 3 is 2.50 bits per heavy atom. The Balaban J connectivity index is 2.04. The highest BCUT2D eigenvalue weighted by atomic mass is 16.5. The molecule has 1 aliphatic heterocycles. The summed E-state index contributed by atoms with van der Waals surface area (Å²) in [6, 6.07) is 9.01. The standard InChI is InChI=1S/C11H15N3O2/c12-14(10-4-2-1-3-5-10)11(15)13-6-8-16-9-7-13/h1-5H,6-9,12H2. The van der Waals surface area contributed by atoms with Crippen molar-refractivity contribution in [3.05, 3.63) is 30.3 Å². The van der Waals surface area contributed by atoms with Crippen LogP contribution in [0.25, 0.3) is 0 Å². The molecule has 0 saturated carbocycles. The zero-order chi connectivity index (χ0) is 11.4. The van der Waals surface area contributed by atoms with Crippen LogP contribution in [0.4, 0.5) is 10.5 Å². The molecule has 16 heavy (non-hydrogen) atoms. The smallest absolute Gasteiger partial charge is 0.339 e. The maximum atomic E-state index is 12.0. The lowest BCUT2D eigenvalue weighted by molar-refractivity contribution is 0.0548. The number of nitrogens with two attached hydrogens (primary N) is 1. The maximum absolute atomic E-state index is 12.0. The molecule has 0 bridgehead atoms. The minimum atomic E-state index is -0.186. The predicted molar refractivity (Wildman–Crippen MR) is 60.9 cm³/mol. The number of hydrogen-bond acceptors (Lipinski definition) is 3. The number of para-hydroxylation sites is 1. The Bertz CT molecular complexity index is 350. The molecule has 0 radical (unpaired) electrons. The van der Waals surface area contributed by atoms with Gasteiger partial charge in [-0.15, -0.1) is 0 Å². The van der Waals surface area contributed by atoms with Crippen molar-refractivity contribution in [3.63, 3.8) is 0 Å². The van der Waals surface area contributed by atoms with Gasteiger partial charge in [0.05, 0.1) is 18.9 Å². The molecule has 86 valence electrons. The SMILES string of the molecule is NN(C(=O)N1CCOCC1)c1ccccc1. The summed E-state index contributed by atoms with van der Waals surface area (Å²) in [4.78, 5) is 13.7. The number of benzene rings is 1. The summed E-state index contributed by atoms with van der Waals surface area (Å²) in [5, 5.41) is 1.17. The Labute approximate surface area is 94.4 Å². The minimum Gasteiger partial charge on any atom is -0.378 e. The first-order valence-electron chi connectivity index (χ1n) is 5.25. The van der Waals surface area contributed by atoms with Crippen molar-refractivity contribution in [2.75, 3.05) is 31.3 Å². The van der Waals surface area contributed by atoms with Crippen LogP contribution < -0.4 is 10.9 Å². The van der Waals surface area contributed by atoms with Gasteiger partial charge in [0.15, 0.2) is 0 Å². The molecule has 2 amide bonds. The first kappa shape index (κ1) is 10.9. The molecular formula is C11H15N3O2. The number of morpholine rings is 1. The fraction of sp³-hybridized carbons (Fsp3) is 0.364. The van der Waals surface area contributed by atoms with E-state index in [-0.39, 0.29) is 6.03 Å². The van der Waals surface area contributed by atoms with E-state index < -0.39 is 0 Å². The van der Waals surface area contributed by atoms with Crippen LogP contribution in [0.5, 0.6) is 0 Å². The second-order valence-electron chi connectivity index (χ2n) is 3.59. The van der Waals surface area contributed by atoms with Crippen LogP contribution in [0.2, 0.25) is 0 Å². The number of carbonyl (C=O) groups excluding carboxylic acids is 1. The van der Waals surface area contributed by atoms with Gasteiger partial charge in [0.25, 0.3) is 0 Å². The monoisotopic (exact) mass is 221 g/mol. The molecule has 1 aromatic rings. The van der Waals surface area contributed by atoms with Crippen molar-refractivity contribution in [3.8, 4) is 0 Å². The molecule has 0 spiro atoms. The number of anilines is 1. The Kier molecular flexibility index (Phi) is 3.38. The summed E-state index contributed by atoms with van der Waals surface area (Å²) >= 11 is 0. The van der Waals surface area contributed by atoms with Gasteiger partial charge in [-0.3, -0.25) is 0 Å². The summed E-state index contributed by atoms with van der Waals surface area (Å²) in [5.41, 5.74) is 0.694. The number of ether oxygens (including phenoxy) is 1. The van der Waals surface area contributed by atoms with E-state index in [2.05, 4.69) is 0 Å². The second kappa shape index (κ2) is 4.96. The average molecular weight is 221 g/mol. The highest BCUT2D eigenvalue weighted by Crippen LogP contribution is 2.12. The number of hydrogen-bond donors (Lipinski definition) is 1. The normalized spacial score (nSPS) is 15.9. The van der Waals surface area contributed by atoms with E-state index in [0.717, 1.165) is 0 Å². The van der Waals surface area contributed by atoms with E-state index in [1.807, 2.05) is 18.2 Å². The highest BCUT2D eigenvalue weighted by Gasteiger charge is 2.21. The Morgan fingerprint density at radius 2 is 1.88 bits per heavy atom. The predicted octanol–water partition coefficient (Wildman–Crippen LogP) is 0.819. The average Bonchev–Trinajstić information content (AvgIpc) is 2.39. The Morgan fingerprint density at radius 1 is 1.25 bits per heavy atom. The first-order valence-corrected chi connectivity index (χ1v) is 5.25. The van der Waals surface area contributed by atoms with E-state index in [9.17, 15) is 4.79 Å². The third kappa shape index (κ3) is 2.32. The topological polar surface area (TPSA) is 58.8 Å². The third-order valence-electron chi connectivity index (χ3n) is 2.52. The molecule has 0 aromatic heterocycles. The number of rotatable bonds is 1. The van der Waals surface area contributed by atoms with Crippen molar-refractivity contribution in [1.82, 2.24) is 4.90 Å². The molecule has 1 saturated heterocycles.